The van der Waals surface area contributed by atoms with Crippen LogP contribution >= 0.6 is 0 Å². The van der Waals surface area contributed by atoms with Gasteiger partial charge >= 0.3 is 0 Å². The Balaban J connectivity index is 1.40. The molecule has 0 amide bonds. The predicted octanol–water partition coefficient (Wildman–Crippen LogP) is 2.04. The molecule has 4 rings (SSSR count). The van der Waals surface area contributed by atoms with Gasteiger partial charge < -0.3 is 19.3 Å². The lowest BCUT2D eigenvalue weighted by atomic mass is 9.87. The topological polar surface area (TPSA) is 51.2 Å². The van der Waals surface area contributed by atoms with Crippen molar-refractivity contribution < 1.29 is 19.3 Å². The number of β-amino-alcohol motifs (C(OH)–C–C–N with tert-alkyl or cyclic N) is 1. The normalized spacial score (nSPS) is 34.0. The first kappa shape index (κ1) is 17.3. The van der Waals surface area contributed by atoms with Crippen LogP contribution in [-0.4, -0.2) is 68.3 Å². The molecule has 0 saturated carbocycles. The number of likely N-dealkylation sites (tertiary alicyclic amines) is 1. The van der Waals surface area contributed by atoms with Crippen LogP contribution in [0.15, 0.2) is 24.3 Å². The van der Waals surface area contributed by atoms with Gasteiger partial charge in [-0.15, -0.1) is 0 Å². The molecule has 5 nitrogen and oxygen atoms in total. The van der Waals surface area contributed by atoms with E-state index in [-0.39, 0.29) is 0 Å². The number of hydrogen-bond donors (Lipinski definition) is 1. The van der Waals surface area contributed by atoms with Gasteiger partial charge in [-0.2, -0.15) is 0 Å². The monoisotopic (exact) mass is 347 g/mol. The third kappa shape index (κ3) is 3.56. The van der Waals surface area contributed by atoms with E-state index in [4.69, 9.17) is 14.2 Å². The van der Waals surface area contributed by atoms with Crippen LogP contribution < -0.4 is 4.74 Å². The van der Waals surface area contributed by atoms with Gasteiger partial charge in [0.05, 0.1) is 19.8 Å². The lowest BCUT2D eigenvalue weighted by molar-refractivity contribution is -0.0596. The van der Waals surface area contributed by atoms with Crippen molar-refractivity contribution in [3.05, 3.63) is 29.8 Å². The zero-order valence-corrected chi connectivity index (χ0v) is 15.0. The summed E-state index contributed by atoms with van der Waals surface area (Å²) in [6, 6.07) is 8.22. The van der Waals surface area contributed by atoms with Crippen molar-refractivity contribution in [1.82, 2.24) is 4.90 Å². The standard InChI is InChI=1S/C20H29NO4/c1-23-18-4-2-3-16(9-18)17-10-20(25-13-17)14-21(12-19(20)22)11-15-5-7-24-8-6-15/h2-4,9,15,17,19,22H,5-8,10-14H2,1H3/t17-,19+,20+/m0/s1. The molecule has 3 aliphatic rings. The molecule has 1 spiro atoms. The highest BCUT2D eigenvalue weighted by Gasteiger charge is 2.52. The molecule has 3 aliphatic heterocycles. The maximum atomic E-state index is 10.7. The smallest absolute Gasteiger partial charge is 0.119 e. The molecule has 0 aliphatic carbocycles. The van der Waals surface area contributed by atoms with Gasteiger partial charge in [0.25, 0.3) is 0 Å². The van der Waals surface area contributed by atoms with E-state index in [9.17, 15) is 5.11 Å². The molecule has 3 atom stereocenters. The summed E-state index contributed by atoms with van der Waals surface area (Å²) in [5.74, 6) is 1.89. The van der Waals surface area contributed by atoms with E-state index in [0.29, 0.717) is 18.4 Å². The third-order valence-electron chi connectivity index (χ3n) is 6.12. The molecule has 0 bridgehead atoms. The van der Waals surface area contributed by atoms with Crippen LogP contribution in [0.5, 0.6) is 5.75 Å². The quantitative estimate of drug-likeness (QED) is 0.903. The number of ether oxygens (including phenoxy) is 3. The second kappa shape index (κ2) is 7.23. The van der Waals surface area contributed by atoms with Crippen molar-refractivity contribution in [2.75, 3.05) is 46.6 Å². The maximum Gasteiger partial charge on any atom is 0.119 e. The second-order valence-corrected chi connectivity index (χ2v) is 7.82. The fourth-order valence-corrected chi connectivity index (χ4v) is 4.65. The zero-order chi connectivity index (χ0) is 17.3. The molecular weight excluding hydrogens is 318 g/mol. The summed E-state index contributed by atoms with van der Waals surface area (Å²) in [7, 11) is 1.70. The van der Waals surface area contributed by atoms with Gasteiger partial charge in [-0.05, 0) is 42.9 Å². The molecule has 5 heteroatoms. The Hall–Kier alpha value is -1.14. The van der Waals surface area contributed by atoms with Crippen molar-refractivity contribution in [1.29, 1.82) is 0 Å². The summed E-state index contributed by atoms with van der Waals surface area (Å²) in [5.41, 5.74) is 0.838. The van der Waals surface area contributed by atoms with E-state index in [0.717, 1.165) is 57.9 Å². The van der Waals surface area contributed by atoms with Crippen LogP contribution in [-0.2, 0) is 9.47 Å². The summed E-state index contributed by atoms with van der Waals surface area (Å²) in [5, 5.41) is 10.7. The zero-order valence-electron chi connectivity index (χ0n) is 15.0. The van der Waals surface area contributed by atoms with Crippen LogP contribution in [0.1, 0.15) is 30.7 Å². The molecule has 3 saturated heterocycles. The molecule has 0 unspecified atom stereocenters. The Kier molecular flexibility index (Phi) is 5.00. The average Bonchev–Trinajstić information content (AvgIpc) is 3.20. The Morgan fingerprint density at radius 3 is 2.96 bits per heavy atom. The van der Waals surface area contributed by atoms with E-state index in [1.54, 1.807) is 7.11 Å². The SMILES string of the molecule is COc1cccc([C@@H]2CO[C@]3(C2)CN(CC2CCOCC2)C[C@H]3O)c1. The van der Waals surface area contributed by atoms with Gasteiger partial charge in [0.2, 0.25) is 0 Å². The lowest BCUT2D eigenvalue weighted by Crippen LogP contribution is -2.41. The third-order valence-corrected chi connectivity index (χ3v) is 6.12. The molecule has 0 radical (unpaired) electrons. The molecule has 1 aromatic carbocycles. The van der Waals surface area contributed by atoms with Crippen molar-refractivity contribution >= 4 is 0 Å². The average molecular weight is 347 g/mol. The van der Waals surface area contributed by atoms with Crippen LogP contribution in [0.25, 0.3) is 0 Å². The minimum atomic E-state index is -0.404. The highest BCUT2D eigenvalue weighted by molar-refractivity contribution is 5.32. The summed E-state index contributed by atoms with van der Waals surface area (Å²) in [6.07, 6.45) is 2.74. The van der Waals surface area contributed by atoms with Gasteiger partial charge in [-0.25, -0.2) is 0 Å². The van der Waals surface area contributed by atoms with E-state index in [1.807, 2.05) is 12.1 Å². The minimum absolute atomic E-state index is 0.327. The van der Waals surface area contributed by atoms with Crippen molar-refractivity contribution in [3.8, 4) is 5.75 Å². The maximum absolute atomic E-state index is 10.7. The molecule has 25 heavy (non-hydrogen) atoms. The molecule has 0 aromatic heterocycles. The highest BCUT2D eigenvalue weighted by atomic mass is 16.5. The van der Waals surface area contributed by atoms with E-state index in [2.05, 4.69) is 17.0 Å². The summed E-state index contributed by atoms with van der Waals surface area (Å²) < 4.78 is 17.0. The molecule has 3 heterocycles. The summed E-state index contributed by atoms with van der Waals surface area (Å²) in [6.45, 7) is 5.04. The summed E-state index contributed by atoms with van der Waals surface area (Å²) >= 11 is 0. The van der Waals surface area contributed by atoms with Crippen LogP contribution in [0.3, 0.4) is 0 Å². The van der Waals surface area contributed by atoms with Gasteiger partial charge in [0.15, 0.2) is 0 Å². The van der Waals surface area contributed by atoms with E-state index in [1.165, 1.54) is 5.56 Å². The number of methoxy groups -OCH3 is 1. The van der Waals surface area contributed by atoms with Crippen molar-refractivity contribution in [2.24, 2.45) is 5.92 Å². The molecule has 1 N–H and O–H groups in total. The number of rotatable bonds is 4. The van der Waals surface area contributed by atoms with Crippen LogP contribution in [0, 0.1) is 5.92 Å². The van der Waals surface area contributed by atoms with E-state index >= 15 is 0 Å². The number of hydrogen-bond acceptors (Lipinski definition) is 5. The fourth-order valence-electron chi connectivity index (χ4n) is 4.65. The van der Waals surface area contributed by atoms with Gasteiger partial charge in [0, 0.05) is 38.8 Å². The number of nitrogens with zero attached hydrogens (tertiary/aromatic N) is 1. The first-order valence-electron chi connectivity index (χ1n) is 9.44. The number of aliphatic hydroxyl groups excluding tert-OH is 1. The second-order valence-electron chi connectivity index (χ2n) is 7.82. The molecule has 3 fully saturated rings. The molecule has 138 valence electrons. The Morgan fingerprint density at radius 2 is 2.16 bits per heavy atom. The summed E-state index contributed by atoms with van der Waals surface area (Å²) in [4.78, 5) is 2.40. The van der Waals surface area contributed by atoms with Crippen molar-refractivity contribution in [3.63, 3.8) is 0 Å². The van der Waals surface area contributed by atoms with Gasteiger partial charge in [0.1, 0.15) is 11.4 Å². The number of benzene rings is 1. The number of aliphatic hydroxyl groups is 1. The van der Waals surface area contributed by atoms with Crippen molar-refractivity contribution in [2.45, 2.75) is 36.9 Å². The Labute approximate surface area is 149 Å². The van der Waals surface area contributed by atoms with Gasteiger partial charge in [-0.3, -0.25) is 4.90 Å². The molecule has 1 aromatic rings. The van der Waals surface area contributed by atoms with E-state index < -0.39 is 11.7 Å². The Bertz CT molecular complexity index is 589. The Morgan fingerprint density at radius 1 is 1.32 bits per heavy atom. The highest BCUT2D eigenvalue weighted by Crippen LogP contribution is 2.43. The van der Waals surface area contributed by atoms with Gasteiger partial charge in [-0.1, -0.05) is 12.1 Å². The van der Waals surface area contributed by atoms with Crippen LogP contribution in [0.4, 0.5) is 0 Å². The lowest BCUT2D eigenvalue weighted by Gasteiger charge is -2.28. The minimum Gasteiger partial charge on any atom is -0.497 e. The van der Waals surface area contributed by atoms with Crippen LogP contribution in [0.2, 0.25) is 0 Å². The first-order valence-corrected chi connectivity index (χ1v) is 9.44. The molecular formula is C20H29NO4. The largest absolute Gasteiger partial charge is 0.497 e. The fraction of sp³-hybridized carbons (Fsp3) is 0.700. The predicted molar refractivity (Wildman–Crippen MR) is 95.0 cm³/mol. The first-order chi connectivity index (χ1) is 12.2.